The van der Waals surface area contributed by atoms with Crippen molar-refractivity contribution in [3.05, 3.63) is 0 Å². The molecule has 2 aliphatic heterocycles. The highest BCUT2D eigenvalue weighted by Gasteiger charge is 2.67. The van der Waals surface area contributed by atoms with Crippen LogP contribution in [0.3, 0.4) is 0 Å². The Hall–Kier alpha value is -1.10. The molecule has 13 heavy (non-hydrogen) atoms. The molecule has 5 nitrogen and oxygen atoms in total. The Bertz CT molecular complexity index is 259. The van der Waals surface area contributed by atoms with Crippen LogP contribution in [0.2, 0.25) is 0 Å². The molecule has 2 unspecified atom stereocenters. The van der Waals surface area contributed by atoms with E-state index in [-0.39, 0.29) is 0 Å². The Kier molecular flexibility index (Phi) is 1.60. The van der Waals surface area contributed by atoms with E-state index in [0.29, 0.717) is 13.0 Å². The van der Waals surface area contributed by atoms with Crippen molar-refractivity contribution >= 4 is 11.9 Å². The van der Waals surface area contributed by atoms with Crippen molar-refractivity contribution in [1.29, 1.82) is 0 Å². The molecule has 2 atom stereocenters. The molecule has 5 heteroatoms. The molecule has 1 N–H and O–H groups in total. The summed E-state index contributed by atoms with van der Waals surface area (Å²) in [5, 5.41) is 9.02. The number of rotatable bonds is 1. The molecule has 0 aromatic heterocycles. The number of piperidine rings is 1. The third kappa shape index (κ3) is 0.798. The summed E-state index contributed by atoms with van der Waals surface area (Å²) in [4.78, 5) is 23.8. The number of aliphatic carboxylic acids is 1. The number of likely N-dealkylation sites (tertiary alicyclic amines) is 1. The molecule has 0 amide bonds. The quantitative estimate of drug-likeness (QED) is 0.439. The molecular weight excluding hydrogens is 174 g/mol. The fourth-order valence-corrected chi connectivity index (χ4v) is 2.13. The normalized spacial score (nSPS) is 38.8. The van der Waals surface area contributed by atoms with E-state index in [0.717, 1.165) is 6.42 Å². The second kappa shape index (κ2) is 2.45. The molecule has 2 saturated heterocycles. The maximum atomic E-state index is 11.2. The smallest absolute Gasteiger partial charge is 0.342 e. The van der Waals surface area contributed by atoms with Gasteiger partial charge in [-0.1, -0.05) is 0 Å². The molecular formula is C8H11NO4. The molecule has 2 aliphatic rings. The summed E-state index contributed by atoms with van der Waals surface area (Å²) in [6, 6.07) is 0. The summed E-state index contributed by atoms with van der Waals surface area (Å²) in [6.07, 6.45) is 1.09. The summed E-state index contributed by atoms with van der Waals surface area (Å²) in [5.74, 6) is -1.71. The third-order valence-corrected chi connectivity index (χ3v) is 2.91. The SMILES string of the molecule is CN1CCCC2OC(=O)C21C(=O)O. The molecule has 2 heterocycles. The van der Waals surface area contributed by atoms with Crippen molar-refractivity contribution in [2.24, 2.45) is 0 Å². The first-order valence-electron chi connectivity index (χ1n) is 4.26. The van der Waals surface area contributed by atoms with Crippen molar-refractivity contribution in [2.75, 3.05) is 13.6 Å². The van der Waals surface area contributed by atoms with Gasteiger partial charge in [0.15, 0.2) is 0 Å². The average Bonchev–Trinajstić information content (AvgIpc) is 2.01. The van der Waals surface area contributed by atoms with Crippen molar-refractivity contribution in [1.82, 2.24) is 4.90 Å². The number of hydrogen-bond donors (Lipinski definition) is 1. The minimum atomic E-state index is -1.38. The van der Waals surface area contributed by atoms with Gasteiger partial charge < -0.3 is 9.84 Å². The van der Waals surface area contributed by atoms with Gasteiger partial charge >= 0.3 is 11.9 Å². The largest absolute Gasteiger partial charge is 0.479 e. The van der Waals surface area contributed by atoms with E-state index in [4.69, 9.17) is 9.84 Å². The highest BCUT2D eigenvalue weighted by Crippen LogP contribution is 2.39. The number of carbonyl (C=O) groups is 2. The number of hydrogen-bond acceptors (Lipinski definition) is 4. The van der Waals surface area contributed by atoms with Gasteiger partial charge in [-0.15, -0.1) is 0 Å². The first-order chi connectivity index (χ1) is 6.10. The van der Waals surface area contributed by atoms with Gasteiger partial charge in [0.2, 0.25) is 0 Å². The van der Waals surface area contributed by atoms with Crippen molar-refractivity contribution in [3.8, 4) is 0 Å². The fourth-order valence-electron chi connectivity index (χ4n) is 2.13. The minimum absolute atomic E-state index is 0.448. The van der Waals surface area contributed by atoms with Gasteiger partial charge in [0, 0.05) is 0 Å². The summed E-state index contributed by atoms with van der Waals surface area (Å²) in [5.41, 5.74) is -1.38. The van der Waals surface area contributed by atoms with Crippen LogP contribution in [0.4, 0.5) is 0 Å². The van der Waals surface area contributed by atoms with Crippen LogP contribution in [0.25, 0.3) is 0 Å². The van der Waals surface area contributed by atoms with Crippen LogP contribution < -0.4 is 0 Å². The highest BCUT2D eigenvalue weighted by molar-refractivity contribution is 6.09. The number of ether oxygens (including phenoxy) is 1. The number of carboxylic acid groups (broad SMARTS) is 1. The predicted molar refractivity (Wildman–Crippen MR) is 42.1 cm³/mol. The van der Waals surface area contributed by atoms with Crippen LogP contribution in [0.5, 0.6) is 0 Å². The molecule has 0 aliphatic carbocycles. The van der Waals surface area contributed by atoms with Crippen LogP contribution in [0.15, 0.2) is 0 Å². The molecule has 2 rings (SSSR count). The summed E-state index contributed by atoms with van der Waals surface area (Å²) in [6.45, 7) is 0.637. The average molecular weight is 185 g/mol. The van der Waals surface area contributed by atoms with Gasteiger partial charge in [-0.2, -0.15) is 0 Å². The van der Waals surface area contributed by atoms with E-state index < -0.39 is 23.6 Å². The maximum absolute atomic E-state index is 11.2. The van der Waals surface area contributed by atoms with E-state index in [1.807, 2.05) is 0 Å². The fraction of sp³-hybridized carbons (Fsp3) is 0.750. The van der Waals surface area contributed by atoms with Crippen molar-refractivity contribution in [3.63, 3.8) is 0 Å². The maximum Gasteiger partial charge on any atom is 0.342 e. The molecule has 0 bridgehead atoms. The first-order valence-corrected chi connectivity index (χ1v) is 4.26. The highest BCUT2D eigenvalue weighted by atomic mass is 16.6. The molecule has 72 valence electrons. The molecule has 0 aromatic rings. The Labute approximate surface area is 75.3 Å². The lowest BCUT2D eigenvalue weighted by Crippen LogP contribution is -2.76. The molecule has 2 fully saturated rings. The third-order valence-electron chi connectivity index (χ3n) is 2.91. The Morgan fingerprint density at radius 3 is 2.85 bits per heavy atom. The van der Waals surface area contributed by atoms with Crippen LogP contribution in [-0.4, -0.2) is 47.2 Å². The number of carbonyl (C=O) groups excluding carboxylic acids is 1. The van der Waals surface area contributed by atoms with Gasteiger partial charge in [0.05, 0.1) is 0 Å². The predicted octanol–water partition coefficient (Wildman–Crippen LogP) is -0.539. The van der Waals surface area contributed by atoms with Gasteiger partial charge in [0.25, 0.3) is 5.54 Å². The summed E-state index contributed by atoms with van der Waals surface area (Å²) < 4.78 is 4.82. The van der Waals surface area contributed by atoms with Crippen LogP contribution >= 0.6 is 0 Å². The first kappa shape index (κ1) is 8.50. The number of esters is 1. The van der Waals surface area contributed by atoms with Gasteiger partial charge in [-0.3, -0.25) is 4.90 Å². The van der Waals surface area contributed by atoms with Crippen molar-refractivity contribution in [2.45, 2.75) is 24.5 Å². The Morgan fingerprint density at radius 2 is 2.46 bits per heavy atom. The van der Waals surface area contributed by atoms with Gasteiger partial charge in [0.1, 0.15) is 6.10 Å². The van der Waals surface area contributed by atoms with Crippen LogP contribution in [0.1, 0.15) is 12.8 Å². The molecule has 0 saturated carbocycles. The molecule has 0 radical (unpaired) electrons. The lowest BCUT2D eigenvalue weighted by molar-refractivity contribution is -0.224. The Morgan fingerprint density at radius 1 is 1.77 bits per heavy atom. The second-order valence-corrected chi connectivity index (χ2v) is 3.53. The molecule has 0 spiro atoms. The van der Waals surface area contributed by atoms with Crippen LogP contribution in [0, 0.1) is 0 Å². The van der Waals surface area contributed by atoms with E-state index in [9.17, 15) is 9.59 Å². The number of nitrogens with zero attached hydrogens (tertiary/aromatic N) is 1. The number of carboxylic acids is 1. The van der Waals surface area contributed by atoms with E-state index >= 15 is 0 Å². The second-order valence-electron chi connectivity index (χ2n) is 3.53. The van der Waals surface area contributed by atoms with Crippen LogP contribution in [-0.2, 0) is 14.3 Å². The van der Waals surface area contributed by atoms with E-state index in [1.165, 1.54) is 0 Å². The zero-order chi connectivity index (χ0) is 9.64. The van der Waals surface area contributed by atoms with E-state index in [2.05, 4.69) is 0 Å². The summed E-state index contributed by atoms with van der Waals surface area (Å²) >= 11 is 0. The molecule has 0 aromatic carbocycles. The zero-order valence-corrected chi connectivity index (χ0v) is 7.32. The van der Waals surface area contributed by atoms with E-state index in [1.54, 1.807) is 11.9 Å². The van der Waals surface area contributed by atoms with Crippen molar-refractivity contribution < 1.29 is 19.4 Å². The Balaban J connectivity index is 2.36. The summed E-state index contributed by atoms with van der Waals surface area (Å²) in [7, 11) is 1.65. The zero-order valence-electron chi connectivity index (χ0n) is 7.32. The topological polar surface area (TPSA) is 66.8 Å². The van der Waals surface area contributed by atoms with Gasteiger partial charge in [-0.25, -0.2) is 9.59 Å². The number of fused-ring (bicyclic) bond motifs is 1. The van der Waals surface area contributed by atoms with Gasteiger partial charge in [-0.05, 0) is 26.4 Å². The standard InChI is InChI=1S/C8H11NO4/c1-9-4-2-3-5-8(9,6(10)11)7(12)13-5/h5H,2-4H2,1H3,(H,10,11). The lowest BCUT2D eigenvalue weighted by Gasteiger charge is -2.51. The monoisotopic (exact) mass is 185 g/mol. The lowest BCUT2D eigenvalue weighted by atomic mass is 9.79. The number of likely N-dealkylation sites (N-methyl/N-ethyl adjacent to an activating group) is 1. The minimum Gasteiger partial charge on any atom is -0.479 e.